The lowest BCUT2D eigenvalue weighted by atomic mass is 10.1. The van der Waals surface area contributed by atoms with Crippen LogP contribution in [0.3, 0.4) is 0 Å². The maximum Gasteiger partial charge on any atom is 0.274 e. The molecule has 0 radical (unpaired) electrons. The normalized spacial score (nSPS) is 10.4. The minimum absolute atomic E-state index is 0.210. The summed E-state index contributed by atoms with van der Waals surface area (Å²) in [6.07, 6.45) is 0.300. The third-order valence-corrected chi connectivity index (χ3v) is 4.11. The van der Waals surface area contributed by atoms with Crippen LogP contribution in [0.25, 0.3) is 0 Å². The van der Waals surface area contributed by atoms with Crippen LogP contribution in [0.4, 0.5) is 11.6 Å². The van der Waals surface area contributed by atoms with Crippen LogP contribution in [0.2, 0.25) is 5.02 Å². The quantitative estimate of drug-likeness (QED) is 0.690. The van der Waals surface area contributed by atoms with Crippen molar-refractivity contribution in [1.29, 1.82) is 0 Å². The van der Waals surface area contributed by atoms with Crippen LogP contribution in [0.15, 0.2) is 47.3 Å². The fourth-order valence-electron chi connectivity index (χ4n) is 2.38. The van der Waals surface area contributed by atoms with Gasteiger partial charge in [-0.05, 0) is 23.8 Å². The van der Waals surface area contributed by atoms with Crippen LogP contribution >= 0.6 is 11.6 Å². The number of hydrogen-bond donors (Lipinski definition) is 2. The standard InChI is InChI=1S/C18H17ClN4O3/c1-25-12-7-8-14(16(10-12)26-2)20-18-21-17(24)15(22-23-18)9-11-5-3-4-6-13(11)19/h3-8,10H,9H2,1-2H3,(H2,20,21,23,24). The lowest BCUT2D eigenvalue weighted by Crippen LogP contribution is -2.19. The maximum absolute atomic E-state index is 12.3. The second-order valence-electron chi connectivity index (χ2n) is 5.41. The largest absolute Gasteiger partial charge is 0.497 e. The molecule has 7 nitrogen and oxygen atoms in total. The Balaban J connectivity index is 1.82. The molecular weight excluding hydrogens is 356 g/mol. The second kappa shape index (κ2) is 7.88. The molecule has 3 rings (SSSR count). The number of H-pyrrole nitrogens is 1. The summed E-state index contributed by atoms with van der Waals surface area (Å²) < 4.78 is 10.5. The molecule has 0 fully saturated rings. The molecule has 8 heteroatoms. The molecule has 1 heterocycles. The minimum atomic E-state index is -0.338. The molecule has 0 amide bonds. The molecule has 3 aromatic rings. The number of nitrogens with zero attached hydrogens (tertiary/aromatic N) is 2. The van der Waals surface area contributed by atoms with Gasteiger partial charge in [0, 0.05) is 17.5 Å². The van der Waals surface area contributed by atoms with Gasteiger partial charge >= 0.3 is 0 Å². The molecule has 0 aliphatic heterocycles. The van der Waals surface area contributed by atoms with Gasteiger partial charge in [-0.3, -0.25) is 9.78 Å². The molecule has 0 atom stereocenters. The first-order chi connectivity index (χ1) is 12.6. The zero-order chi connectivity index (χ0) is 18.5. The Morgan fingerprint density at radius 2 is 1.92 bits per heavy atom. The van der Waals surface area contributed by atoms with Crippen molar-refractivity contribution in [2.45, 2.75) is 6.42 Å². The van der Waals surface area contributed by atoms with E-state index in [1.807, 2.05) is 18.2 Å². The monoisotopic (exact) mass is 372 g/mol. The van der Waals surface area contributed by atoms with Crippen LogP contribution in [0, 0.1) is 0 Å². The SMILES string of the molecule is COc1ccc(Nc2nnc(Cc3ccccc3Cl)c(=O)[nH]2)c(OC)c1. The van der Waals surface area contributed by atoms with E-state index in [1.54, 1.807) is 38.5 Å². The summed E-state index contributed by atoms with van der Waals surface area (Å²) in [4.78, 5) is 15.0. The molecule has 2 aromatic carbocycles. The highest BCUT2D eigenvalue weighted by Crippen LogP contribution is 2.30. The van der Waals surface area contributed by atoms with E-state index in [2.05, 4.69) is 20.5 Å². The van der Waals surface area contributed by atoms with Crippen molar-refractivity contribution in [2.75, 3.05) is 19.5 Å². The molecule has 0 saturated heterocycles. The van der Waals surface area contributed by atoms with Crippen LogP contribution in [0.1, 0.15) is 11.3 Å². The van der Waals surface area contributed by atoms with Crippen molar-refractivity contribution in [2.24, 2.45) is 0 Å². The average Bonchev–Trinajstić information content (AvgIpc) is 2.66. The molecule has 0 aliphatic rings. The van der Waals surface area contributed by atoms with Crippen LogP contribution in [-0.2, 0) is 6.42 Å². The Hall–Kier alpha value is -3.06. The molecule has 0 bridgehead atoms. The topological polar surface area (TPSA) is 89.1 Å². The highest BCUT2D eigenvalue weighted by atomic mass is 35.5. The van der Waals surface area contributed by atoms with E-state index in [0.29, 0.717) is 28.6 Å². The van der Waals surface area contributed by atoms with Gasteiger partial charge in [-0.1, -0.05) is 29.8 Å². The van der Waals surface area contributed by atoms with Gasteiger partial charge < -0.3 is 14.8 Å². The van der Waals surface area contributed by atoms with Gasteiger partial charge in [0.1, 0.15) is 17.2 Å². The van der Waals surface area contributed by atoms with E-state index in [0.717, 1.165) is 5.56 Å². The first kappa shape index (κ1) is 17.8. The Kier molecular flexibility index (Phi) is 5.38. The lowest BCUT2D eigenvalue weighted by Gasteiger charge is -2.11. The number of aromatic amines is 1. The molecular formula is C18H17ClN4O3. The summed E-state index contributed by atoms with van der Waals surface area (Å²) in [6, 6.07) is 12.5. The molecule has 0 unspecified atom stereocenters. The number of ether oxygens (including phenoxy) is 2. The fraction of sp³-hybridized carbons (Fsp3) is 0.167. The van der Waals surface area contributed by atoms with Crippen LogP contribution in [-0.4, -0.2) is 29.4 Å². The van der Waals surface area contributed by atoms with Gasteiger partial charge in [-0.2, -0.15) is 0 Å². The van der Waals surface area contributed by atoms with E-state index in [-0.39, 0.29) is 17.2 Å². The number of methoxy groups -OCH3 is 2. The van der Waals surface area contributed by atoms with Crippen LogP contribution < -0.4 is 20.3 Å². The van der Waals surface area contributed by atoms with Crippen molar-refractivity contribution < 1.29 is 9.47 Å². The van der Waals surface area contributed by atoms with Gasteiger partial charge in [0.2, 0.25) is 5.95 Å². The average molecular weight is 373 g/mol. The molecule has 134 valence electrons. The Labute approximate surface area is 155 Å². The highest BCUT2D eigenvalue weighted by molar-refractivity contribution is 6.31. The third-order valence-electron chi connectivity index (χ3n) is 3.74. The number of anilines is 2. The number of benzene rings is 2. The van der Waals surface area contributed by atoms with E-state index < -0.39 is 0 Å². The number of halogens is 1. The van der Waals surface area contributed by atoms with Gasteiger partial charge in [0.15, 0.2) is 0 Å². The van der Waals surface area contributed by atoms with Gasteiger partial charge in [0.05, 0.1) is 19.9 Å². The Morgan fingerprint density at radius 1 is 1.12 bits per heavy atom. The first-order valence-corrected chi connectivity index (χ1v) is 8.17. The van der Waals surface area contributed by atoms with Crippen molar-refractivity contribution >= 4 is 23.2 Å². The third kappa shape index (κ3) is 3.94. The second-order valence-corrected chi connectivity index (χ2v) is 5.82. The van der Waals surface area contributed by atoms with E-state index in [1.165, 1.54) is 0 Å². The smallest absolute Gasteiger partial charge is 0.274 e. The summed E-state index contributed by atoms with van der Waals surface area (Å²) >= 11 is 6.13. The van der Waals surface area contributed by atoms with Gasteiger partial charge in [-0.25, -0.2) is 0 Å². The highest BCUT2D eigenvalue weighted by Gasteiger charge is 2.10. The predicted octanol–water partition coefficient (Wildman–Crippen LogP) is 3.17. The fourth-order valence-corrected chi connectivity index (χ4v) is 2.59. The minimum Gasteiger partial charge on any atom is -0.497 e. The van der Waals surface area contributed by atoms with Gasteiger partial charge in [-0.15, -0.1) is 10.2 Å². The molecule has 0 saturated carbocycles. The summed E-state index contributed by atoms with van der Waals surface area (Å²) in [5.74, 6) is 1.41. The molecule has 0 aliphatic carbocycles. The van der Waals surface area contributed by atoms with Crippen LogP contribution in [0.5, 0.6) is 11.5 Å². The molecule has 1 aromatic heterocycles. The number of hydrogen-bond acceptors (Lipinski definition) is 6. The van der Waals surface area contributed by atoms with E-state index in [9.17, 15) is 4.79 Å². The zero-order valence-corrected chi connectivity index (χ0v) is 15.0. The molecule has 2 N–H and O–H groups in total. The molecule has 0 spiro atoms. The van der Waals surface area contributed by atoms with Gasteiger partial charge in [0.25, 0.3) is 5.56 Å². The zero-order valence-electron chi connectivity index (χ0n) is 14.2. The first-order valence-electron chi connectivity index (χ1n) is 7.79. The Morgan fingerprint density at radius 3 is 2.62 bits per heavy atom. The predicted molar refractivity (Wildman–Crippen MR) is 99.7 cm³/mol. The lowest BCUT2D eigenvalue weighted by molar-refractivity contribution is 0.395. The van der Waals surface area contributed by atoms with Crippen molar-refractivity contribution in [3.05, 3.63) is 69.1 Å². The maximum atomic E-state index is 12.3. The number of rotatable bonds is 6. The number of aromatic nitrogens is 3. The summed E-state index contributed by atoms with van der Waals surface area (Å²) in [5.41, 5.74) is 1.38. The van der Waals surface area contributed by atoms with E-state index >= 15 is 0 Å². The summed E-state index contributed by atoms with van der Waals surface area (Å²) in [5, 5.41) is 11.6. The Bertz CT molecular complexity index is 975. The van der Waals surface area contributed by atoms with E-state index in [4.69, 9.17) is 21.1 Å². The van der Waals surface area contributed by atoms with Crippen molar-refractivity contribution in [3.63, 3.8) is 0 Å². The van der Waals surface area contributed by atoms with Crippen molar-refractivity contribution in [1.82, 2.24) is 15.2 Å². The van der Waals surface area contributed by atoms with Crippen molar-refractivity contribution in [3.8, 4) is 11.5 Å². The summed E-state index contributed by atoms with van der Waals surface area (Å²) in [6.45, 7) is 0. The summed E-state index contributed by atoms with van der Waals surface area (Å²) in [7, 11) is 3.11. The molecule has 26 heavy (non-hydrogen) atoms. The number of nitrogens with one attached hydrogen (secondary N) is 2.